The fraction of sp³-hybridized carbons (Fsp3) is 0.977. The minimum Gasteiger partial charge on any atom is -0.392 e. The summed E-state index contributed by atoms with van der Waals surface area (Å²) in [6.07, 6.45) is -1.95. The van der Waals surface area contributed by atoms with Gasteiger partial charge in [0.25, 0.3) is 0 Å². The van der Waals surface area contributed by atoms with Crippen molar-refractivity contribution in [1.82, 2.24) is 4.90 Å². The van der Waals surface area contributed by atoms with E-state index in [1.54, 1.807) is 48.8 Å². The van der Waals surface area contributed by atoms with Crippen LogP contribution in [0.3, 0.4) is 0 Å². The van der Waals surface area contributed by atoms with Crippen LogP contribution in [0.2, 0.25) is 0 Å². The molecule has 0 radical (unpaired) electrons. The number of hydrogen-bond acceptors (Lipinski definition) is 14. The van der Waals surface area contributed by atoms with Gasteiger partial charge in [0.1, 0.15) is 11.9 Å². The van der Waals surface area contributed by atoms with Crippen LogP contribution >= 0.6 is 0 Å². The first kappa shape index (κ1) is 54.2. The molecule has 3 fully saturated rings. The number of ketones is 1. The van der Waals surface area contributed by atoms with Gasteiger partial charge < -0.3 is 64.0 Å². The largest absolute Gasteiger partial charge is 0.392 e. The van der Waals surface area contributed by atoms with Crippen LogP contribution in [0.4, 0.5) is 0 Å². The third-order valence-corrected chi connectivity index (χ3v) is 13.2. The maximum absolute atomic E-state index is 12.8. The molecule has 0 aromatic heterocycles. The lowest BCUT2D eigenvalue weighted by atomic mass is 9.73. The van der Waals surface area contributed by atoms with Gasteiger partial charge in [0, 0.05) is 63.9 Å². The molecule has 3 heterocycles. The highest BCUT2D eigenvalue weighted by Gasteiger charge is 2.47. The molecule has 0 aromatic carbocycles. The van der Waals surface area contributed by atoms with Crippen molar-refractivity contribution in [3.63, 3.8) is 0 Å². The fourth-order valence-corrected chi connectivity index (χ4v) is 9.20. The van der Waals surface area contributed by atoms with Crippen LogP contribution in [0.5, 0.6) is 0 Å². The minimum atomic E-state index is -1.52. The summed E-state index contributed by atoms with van der Waals surface area (Å²) in [4.78, 5) is 14.9. The number of nitrogens with zero attached hydrogens (tertiary/aromatic N) is 1. The number of aliphatic hydroxyl groups excluding tert-OH is 4. The van der Waals surface area contributed by atoms with Crippen LogP contribution in [0.25, 0.3) is 0 Å². The molecule has 3 saturated heterocycles. The lowest BCUT2D eigenvalue weighted by Crippen LogP contribution is -2.55. The molecule has 0 aliphatic carbocycles. The molecular weight excluding hydrogens is 738 g/mol. The second-order valence-electron chi connectivity index (χ2n) is 18.5. The van der Waals surface area contributed by atoms with E-state index in [-0.39, 0.29) is 74.3 Å². The predicted octanol–water partition coefficient (Wildman–Crippen LogP) is 3.22. The van der Waals surface area contributed by atoms with E-state index in [4.69, 9.17) is 28.4 Å². The van der Waals surface area contributed by atoms with Gasteiger partial charge in [-0.25, -0.2) is 0 Å². The van der Waals surface area contributed by atoms with Gasteiger partial charge in [0.2, 0.25) is 0 Å². The average Bonchev–Trinajstić information content (AvgIpc) is 3.12. The fourth-order valence-electron chi connectivity index (χ4n) is 9.20. The molecule has 19 unspecified atom stereocenters. The van der Waals surface area contributed by atoms with Crippen molar-refractivity contribution in [3.05, 3.63) is 0 Å². The zero-order chi connectivity index (χ0) is 44.4. The van der Waals surface area contributed by atoms with Crippen LogP contribution < -0.4 is 0 Å². The Bertz CT molecular complexity index is 1160. The van der Waals surface area contributed by atoms with Gasteiger partial charge in [-0.1, -0.05) is 34.6 Å². The number of aliphatic hydroxyl groups is 6. The van der Waals surface area contributed by atoms with Crippen molar-refractivity contribution < 1.29 is 63.9 Å². The Morgan fingerprint density at radius 3 is 1.81 bits per heavy atom. The lowest BCUT2D eigenvalue weighted by molar-refractivity contribution is -0.210. The molecule has 0 aromatic rings. The normalized spacial score (nSPS) is 47.2. The first-order chi connectivity index (χ1) is 26.1. The van der Waals surface area contributed by atoms with E-state index in [2.05, 4.69) is 11.8 Å². The molecule has 6 N–H and O–H groups in total. The van der Waals surface area contributed by atoms with Crippen LogP contribution in [-0.2, 0) is 33.2 Å². The highest BCUT2D eigenvalue weighted by atomic mass is 16.5. The first-order valence-electron chi connectivity index (χ1n) is 21.0. The van der Waals surface area contributed by atoms with Crippen molar-refractivity contribution in [2.24, 2.45) is 29.6 Å². The summed E-state index contributed by atoms with van der Waals surface area (Å²) in [5, 5.41) is 63.9. The number of carbonyl (C=O) groups is 1. The van der Waals surface area contributed by atoms with Crippen molar-refractivity contribution >= 4 is 5.78 Å². The number of rotatable bonds is 4. The van der Waals surface area contributed by atoms with E-state index in [0.717, 1.165) is 12.8 Å². The van der Waals surface area contributed by atoms with Gasteiger partial charge >= 0.3 is 0 Å². The molecule has 3 rings (SSSR count). The predicted molar refractivity (Wildman–Crippen MR) is 220 cm³/mol. The Hall–Kier alpha value is -0.850. The molecule has 3 aliphatic heterocycles. The summed E-state index contributed by atoms with van der Waals surface area (Å²) in [6, 6.07) is 0.240. The SMILES string of the molecule is CC1CC(N(C)C)C(O)C(C)O1.COC1(C)CC(C)OC(C)C1O.COC1C(C)C(=O)CCOCC(C)C(C)(O)C(O)C(C)C(O)C(C)CC(C)(O)C(OC)C1C. The molecule has 340 valence electrons. The first-order valence-corrected chi connectivity index (χ1v) is 21.0. The molecule has 57 heavy (non-hydrogen) atoms. The van der Waals surface area contributed by atoms with Crippen molar-refractivity contribution in [3.8, 4) is 0 Å². The van der Waals surface area contributed by atoms with E-state index < -0.39 is 71.0 Å². The molecule has 14 heteroatoms. The summed E-state index contributed by atoms with van der Waals surface area (Å²) in [5.41, 5.74) is -3.30. The van der Waals surface area contributed by atoms with Gasteiger partial charge in [-0.05, 0) is 81.3 Å². The quantitative estimate of drug-likeness (QED) is 0.242. The molecule has 19 atom stereocenters. The standard InChI is InChI=1S/C25H48O8.C9H19NO2.C9H18O3/c1-14-12-24(6,29)23(32-9)18(5)21(31-8)16(3)19(26)10-11-33-13-15(2)25(7,30)22(28)17(4)20(14)27;1-6-5-8(10(3)4)9(11)7(2)12-6;1-6-5-9(3,11-4)8(10)7(2)12-6/h14-18,20-23,27-30H,10-13H2,1-9H3;6-9,11H,5H2,1-4H3;6-8,10H,5H2,1-4H3. The Morgan fingerprint density at radius 1 is 0.737 bits per heavy atom. The molecule has 0 amide bonds. The average molecular weight is 824 g/mol. The van der Waals surface area contributed by atoms with Gasteiger partial charge in [-0.3, -0.25) is 4.79 Å². The third kappa shape index (κ3) is 14.6. The number of ether oxygens (including phenoxy) is 6. The maximum Gasteiger partial charge on any atom is 0.140 e. The zero-order valence-electron chi connectivity index (χ0n) is 38.5. The van der Waals surface area contributed by atoms with Gasteiger partial charge in [-0.15, -0.1) is 0 Å². The summed E-state index contributed by atoms with van der Waals surface area (Å²) < 4.78 is 33.3. The number of likely N-dealkylation sites (N-methyl/N-ethyl adjacent to an activating group) is 1. The maximum atomic E-state index is 12.8. The van der Waals surface area contributed by atoms with Crippen molar-refractivity contribution in [2.75, 3.05) is 48.6 Å². The molecule has 0 saturated carbocycles. The summed E-state index contributed by atoms with van der Waals surface area (Å²) >= 11 is 0. The topological polar surface area (TPSA) is 197 Å². The van der Waals surface area contributed by atoms with Crippen LogP contribution in [0.15, 0.2) is 0 Å². The monoisotopic (exact) mass is 824 g/mol. The highest BCUT2D eigenvalue weighted by molar-refractivity contribution is 5.81. The van der Waals surface area contributed by atoms with Gasteiger partial charge in [-0.2, -0.15) is 0 Å². The molecule has 14 nitrogen and oxygen atoms in total. The summed E-state index contributed by atoms with van der Waals surface area (Å²) in [5.74, 6) is -2.29. The van der Waals surface area contributed by atoms with E-state index >= 15 is 0 Å². The number of hydrogen-bond donors (Lipinski definition) is 6. The third-order valence-electron chi connectivity index (χ3n) is 13.2. The molecular formula is C43H85NO13. The van der Waals surface area contributed by atoms with Crippen LogP contribution in [-0.4, -0.2) is 174 Å². The van der Waals surface area contributed by atoms with Crippen molar-refractivity contribution in [2.45, 2.75) is 193 Å². The van der Waals surface area contributed by atoms with E-state index in [1.165, 1.54) is 14.0 Å². The second-order valence-corrected chi connectivity index (χ2v) is 18.5. The van der Waals surface area contributed by atoms with Gasteiger partial charge in [0.15, 0.2) is 0 Å². The van der Waals surface area contributed by atoms with Crippen LogP contribution in [0.1, 0.15) is 109 Å². The second kappa shape index (κ2) is 23.4. The van der Waals surface area contributed by atoms with E-state index in [9.17, 15) is 35.4 Å². The van der Waals surface area contributed by atoms with Gasteiger partial charge in [0.05, 0.1) is 85.0 Å². The Morgan fingerprint density at radius 2 is 1.30 bits per heavy atom. The summed E-state index contributed by atoms with van der Waals surface area (Å²) in [6.45, 7) is 22.3. The molecule has 3 aliphatic rings. The highest BCUT2D eigenvalue weighted by Crippen LogP contribution is 2.37. The Kier molecular flexibility index (Phi) is 22.2. The number of Topliss-reactive ketones (excluding diaryl/α,β-unsaturated/α-hetero) is 1. The number of methoxy groups -OCH3 is 3. The smallest absolute Gasteiger partial charge is 0.140 e. The lowest BCUT2D eigenvalue weighted by Gasteiger charge is -2.43. The number of carbonyl (C=O) groups excluding carboxylic acids is 1. The summed E-state index contributed by atoms with van der Waals surface area (Å²) in [7, 11) is 8.69. The minimum absolute atomic E-state index is 0.0237. The van der Waals surface area contributed by atoms with Crippen molar-refractivity contribution in [1.29, 1.82) is 0 Å². The Balaban J connectivity index is 0.000000544. The molecule has 0 spiro atoms. The van der Waals surface area contributed by atoms with Crippen LogP contribution in [0, 0.1) is 29.6 Å². The molecule has 0 bridgehead atoms. The van der Waals surface area contributed by atoms with E-state index in [1.807, 2.05) is 48.7 Å². The Labute approximate surface area is 344 Å². The van der Waals surface area contributed by atoms with E-state index in [0.29, 0.717) is 0 Å². The zero-order valence-corrected chi connectivity index (χ0v) is 38.5.